The van der Waals surface area contributed by atoms with Crippen molar-refractivity contribution in [3.63, 3.8) is 0 Å². The average molecular weight is 320 g/mol. The van der Waals surface area contributed by atoms with E-state index < -0.39 is 40.0 Å². The van der Waals surface area contributed by atoms with Gasteiger partial charge < -0.3 is 15.7 Å². The molecule has 21 heavy (non-hydrogen) atoms. The van der Waals surface area contributed by atoms with E-state index in [9.17, 15) is 22.6 Å². The van der Waals surface area contributed by atoms with Crippen LogP contribution in [-0.4, -0.2) is 39.4 Å². The first-order valence-corrected chi connectivity index (χ1v) is 7.46. The van der Waals surface area contributed by atoms with Crippen molar-refractivity contribution in [2.24, 2.45) is 0 Å². The lowest BCUT2D eigenvalue weighted by Gasteiger charge is -2.10. The van der Waals surface area contributed by atoms with Crippen molar-refractivity contribution >= 4 is 28.5 Å². The highest BCUT2D eigenvalue weighted by Crippen LogP contribution is 2.20. The van der Waals surface area contributed by atoms with Crippen LogP contribution in [0.15, 0.2) is 12.1 Å². The molecule has 0 spiro atoms. The summed E-state index contributed by atoms with van der Waals surface area (Å²) in [5.74, 6) is -3.40. The van der Waals surface area contributed by atoms with Crippen LogP contribution in [0, 0.1) is 11.6 Å². The molecule has 0 aliphatic rings. The molecule has 2 amide bonds. The summed E-state index contributed by atoms with van der Waals surface area (Å²) in [6, 6.07) is 0.277. The van der Waals surface area contributed by atoms with Gasteiger partial charge in [-0.2, -0.15) is 0 Å². The largest absolute Gasteiger partial charge is 0.478 e. The molecule has 1 aromatic carbocycles. The second kappa shape index (κ2) is 7.67. The van der Waals surface area contributed by atoms with Crippen LogP contribution in [0.3, 0.4) is 0 Å². The molecule has 0 aromatic heterocycles. The standard InChI is InChI=1S/C12H14F2N2O4S/c1-2-21(20)4-3-15-12(19)16-10-6-9(14)8(13)5-7(10)11(17)18/h5-6H,2-4H2,1H3,(H,17,18)(H2,15,16,19). The number of urea groups is 1. The molecule has 3 N–H and O–H groups in total. The molecule has 0 fully saturated rings. The molecule has 0 saturated heterocycles. The van der Waals surface area contributed by atoms with Crippen LogP contribution < -0.4 is 10.6 Å². The van der Waals surface area contributed by atoms with Gasteiger partial charge >= 0.3 is 12.0 Å². The van der Waals surface area contributed by atoms with Crippen LogP contribution in [0.5, 0.6) is 0 Å². The molecule has 1 rings (SSSR count). The predicted molar refractivity (Wildman–Crippen MR) is 73.9 cm³/mol. The van der Waals surface area contributed by atoms with Crippen LogP contribution in [0.1, 0.15) is 17.3 Å². The Balaban J connectivity index is 2.73. The maximum Gasteiger partial charge on any atom is 0.337 e. The number of carboxylic acids is 1. The molecule has 0 radical (unpaired) electrons. The SMILES string of the molecule is CCS(=O)CCNC(=O)Nc1cc(F)c(F)cc1C(=O)O. The van der Waals surface area contributed by atoms with Crippen molar-refractivity contribution in [2.45, 2.75) is 6.92 Å². The molecule has 0 heterocycles. The summed E-state index contributed by atoms with van der Waals surface area (Å²) < 4.78 is 37.2. The molecule has 9 heteroatoms. The summed E-state index contributed by atoms with van der Waals surface area (Å²) >= 11 is 0. The summed E-state index contributed by atoms with van der Waals surface area (Å²) in [7, 11) is -1.05. The van der Waals surface area contributed by atoms with E-state index in [1.165, 1.54) is 0 Å². The number of hydrogen-bond acceptors (Lipinski definition) is 3. The maximum atomic E-state index is 13.1. The van der Waals surface area contributed by atoms with Crippen molar-refractivity contribution in [2.75, 3.05) is 23.4 Å². The van der Waals surface area contributed by atoms with Gasteiger partial charge in [-0.1, -0.05) is 6.92 Å². The van der Waals surface area contributed by atoms with Gasteiger partial charge in [0, 0.05) is 34.9 Å². The predicted octanol–water partition coefficient (Wildman–Crippen LogP) is 1.55. The second-order valence-corrected chi connectivity index (χ2v) is 5.80. The molecule has 0 bridgehead atoms. The lowest BCUT2D eigenvalue weighted by molar-refractivity contribution is 0.0697. The van der Waals surface area contributed by atoms with Gasteiger partial charge in [0.05, 0.1) is 11.3 Å². The lowest BCUT2D eigenvalue weighted by atomic mass is 10.1. The zero-order valence-corrected chi connectivity index (χ0v) is 11.9. The van der Waals surface area contributed by atoms with Crippen molar-refractivity contribution < 1.29 is 27.7 Å². The zero-order valence-electron chi connectivity index (χ0n) is 11.1. The number of rotatable bonds is 6. The number of amides is 2. The summed E-state index contributed by atoms with van der Waals surface area (Å²) in [4.78, 5) is 22.4. The number of halogens is 2. The molecule has 0 saturated carbocycles. The summed E-state index contributed by atoms with van der Waals surface area (Å²) in [5.41, 5.74) is -0.934. The van der Waals surface area contributed by atoms with E-state index in [1.807, 2.05) is 0 Å². The third-order valence-corrected chi connectivity index (χ3v) is 3.78. The van der Waals surface area contributed by atoms with Crippen LogP contribution in [0.4, 0.5) is 19.3 Å². The van der Waals surface area contributed by atoms with E-state index in [0.717, 1.165) is 0 Å². The number of anilines is 1. The number of aromatic carboxylic acids is 1. The molecule has 1 unspecified atom stereocenters. The van der Waals surface area contributed by atoms with Crippen LogP contribution in [0.2, 0.25) is 0 Å². The van der Waals surface area contributed by atoms with E-state index in [-0.39, 0.29) is 18.0 Å². The van der Waals surface area contributed by atoms with E-state index in [4.69, 9.17) is 5.11 Å². The van der Waals surface area contributed by atoms with E-state index in [2.05, 4.69) is 10.6 Å². The first-order valence-electron chi connectivity index (χ1n) is 5.97. The number of carbonyl (C=O) groups excluding carboxylic acids is 1. The third-order valence-electron chi connectivity index (χ3n) is 2.48. The van der Waals surface area contributed by atoms with Gasteiger partial charge in [0.2, 0.25) is 0 Å². The van der Waals surface area contributed by atoms with Crippen LogP contribution in [-0.2, 0) is 10.8 Å². The first-order chi connectivity index (χ1) is 9.85. The van der Waals surface area contributed by atoms with Crippen molar-refractivity contribution in [1.29, 1.82) is 0 Å². The normalized spacial score (nSPS) is 11.8. The summed E-state index contributed by atoms with van der Waals surface area (Å²) in [5, 5.41) is 13.3. The summed E-state index contributed by atoms with van der Waals surface area (Å²) in [6.07, 6.45) is 0. The Morgan fingerprint density at radius 3 is 2.48 bits per heavy atom. The summed E-state index contributed by atoms with van der Waals surface area (Å²) in [6.45, 7) is 1.84. The van der Waals surface area contributed by atoms with Crippen molar-refractivity contribution in [3.8, 4) is 0 Å². The number of benzene rings is 1. The minimum absolute atomic E-state index is 0.109. The zero-order chi connectivity index (χ0) is 16.0. The van der Waals surface area contributed by atoms with Gasteiger partial charge in [0.25, 0.3) is 0 Å². The monoisotopic (exact) mass is 320 g/mol. The van der Waals surface area contributed by atoms with E-state index in [1.54, 1.807) is 6.92 Å². The maximum absolute atomic E-state index is 13.1. The molecular formula is C12H14F2N2O4S. The van der Waals surface area contributed by atoms with Crippen molar-refractivity contribution in [1.82, 2.24) is 5.32 Å². The van der Waals surface area contributed by atoms with Gasteiger partial charge in [-0.15, -0.1) is 0 Å². The van der Waals surface area contributed by atoms with E-state index in [0.29, 0.717) is 17.9 Å². The minimum Gasteiger partial charge on any atom is -0.478 e. The quantitative estimate of drug-likeness (QED) is 0.741. The number of nitrogens with one attached hydrogen (secondary N) is 2. The molecular weight excluding hydrogens is 306 g/mol. The highest BCUT2D eigenvalue weighted by molar-refractivity contribution is 7.84. The molecule has 116 valence electrons. The Morgan fingerprint density at radius 1 is 1.29 bits per heavy atom. The van der Waals surface area contributed by atoms with Gasteiger partial charge in [-0.25, -0.2) is 18.4 Å². The third kappa shape index (κ3) is 5.10. The first kappa shape index (κ1) is 17.0. The van der Waals surface area contributed by atoms with Crippen molar-refractivity contribution in [3.05, 3.63) is 29.3 Å². The van der Waals surface area contributed by atoms with E-state index >= 15 is 0 Å². The fourth-order valence-electron chi connectivity index (χ4n) is 1.42. The minimum atomic E-state index is -1.50. The highest BCUT2D eigenvalue weighted by atomic mass is 32.2. The van der Waals surface area contributed by atoms with Gasteiger partial charge in [0.15, 0.2) is 11.6 Å². The van der Waals surface area contributed by atoms with Gasteiger partial charge in [0.1, 0.15) is 0 Å². The Morgan fingerprint density at radius 2 is 1.90 bits per heavy atom. The Bertz CT molecular complexity index is 581. The molecule has 1 atom stereocenters. The van der Waals surface area contributed by atoms with Gasteiger partial charge in [-0.3, -0.25) is 4.21 Å². The molecule has 0 aliphatic heterocycles. The van der Waals surface area contributed by atoms with Gasteiger partial charge in [-0.05, 0) is 6.07 Å². The molecule has 1 aromatic rings. The fraction of sp³-hybridized carbons (Fsp3) is 0.333. The smallest absolute Gasteiger partial charge is 0.337 e. The molecule has 0 aliphatic carbocycles. The number of carbonyl (C=O) groups is 2. The number of hydrogen-bond donors (Lipinski definition) is 3. The topological polar surface area (TPSA) is 95.5 Å². The average Bonchev–Trinajstić information content (AvgIpc) is 2.42. The Kier molecular flexibility index (Phi) is 6.22. The highest BCUT2D eigenvalue weighted by Gasteiger charge is 2.17. The Labute approximate surface area is 122 Å². The molecule has 6 nitrogen and oxygen atoms in total. The fourth-order valence-corrected chi connectivity index (χ4v) is 2.03. The second-order valence-electron chi connectivity index (χ2n) is 3.93. The number of carboxylic acid groups (broad SMARTS) is 1. The van der Waals surface area contributed by atoms with Crippen LogP contribution in [0.25, 0.3) is 0 Å². The van der Waals surface area contributed by atoms with Crippen LogP contribution >= 0.6 is 0 Å². The Hall–Kier alpha value is -2.03. The lowest BCUT2D eigenvalue weighted by Crippen LogP contribution is -2.32.